The Labute approximate surface area is 108 Å². The lowest BCUT2D eigenvalue weighted by molar-refractivity contribution is 1.16. The van der Waals surface area contributed by atoms with Gasteiger partial charge in [0, 0.05) is 0 Å². The van der Waals surface area contributed by atoms with Crippen LogP contribution in [0.4, 0.5) is 0 Å². The monoisotopic (exact) mass is 232 g/mol. The minimum Gasteiger partial charge on any atom is -0.0620 e. The Morgan fingerprint density at radius 1 is 0.444 bits per heavy atom. The molecule has 3 rings (SSSR count). The third-order valence-electron chi connectivity index (χ3n) is 3.30. The van der Waals surface area contributed by atoms with Crippen LogP contribution in [0.1, 0.15) is 12.8 Å². The highest BCUT2D eigenvalue weighted by atomic mass is 14.1. The summed E-state index contributed by atoms with van der Waals surface area (Å²) in [5.41, 5.74) is 5.45. The zero-order valence-corrected chi connectivity index (χ0v) is 10.3. The molecule has 0 atom stereocenters. The normalized spacial score (nSPS) is 24.9. The van der Waals surface area contributed by atoms with Crippen LogP contribution in [0.15, 0.2) is 95.2 Å². The van der Waals surface area contributed by atoms with E-state index in [2.05, 4.69) is 72.9 Å². The summed E-state index contributed by atoms with van der Waals surface area (Å²) in [7, 11) is 0. The van der Waals surface area contributed by atoms with Crippen molar-refractivity contribution in [3.8, 4) is 0 Å². The Balaban J connectivity index is 2.06. The van der Waals surface area contributed by atoms with Gasteiger partial charge >= 0.3 is 0 Å². The lowest BCUT2D eigenvalue weighted by Crippen LogP contribution is -1.88. The fraction of sp³-hybridized carbons (Fsp3) is 0.111. The summed E-state index contributed by atoms with van der Waals surface area (Å²) >= 11 is 0. The largest absolute Gasteiger partial charge is 0.0620 e. The molecule has 0 aromatic heterocycles. The second kappa shape index (κ2) is 5.05. The van der Waals surface area contributed by atoms with Crippen molar-refractivity contribution in [1.29, 1.82) is 0 Å². The average molecular weight is 232 g/mol. The zero-order valence-electron chi connectivity index (χ0n) is 10.3. The molecule has 0 heteroatoms. The van der Waals surface area contributed by atoms with Gasteiger partial charge in [0.25, 0.3) is 0 Å². The molecule has 0 saturated carbocycles. The van der Waals surface area contributed by atoms with Crippen molar-refractivity contribution in [2.45, 2.75) is 12.8 Å². The minimum absolute atomic E-state index is 1.01. The van der Waals surface area contributed by atoms with E-state index in [1.165, 1.54) is 22.3 Å². The van der Waals surface area contributed by atoms with Gasteiger partial charge in [0.1, 0.15) is 0 Å². The van der Waals surface area contributed by atoms with Crippen molar-refractivity contribution in [3.63, 3.8) is 0 Å². The number of fused-ring (bicyclic) bond motifs is 4. The van der Waals surface area contributed by atoms with Crippen LogP contribution in [0.5, 0.6) is 0 Å². The molecule has 18 heavy (non-hydrogen) atoms. The lowest BCUT2D eigenvalue weighted by atomic mass is 9.98. The Bertz CT molecular complexity index is 480. The van der Waals surface area contributed by atoms with Crippen LogP contribution in [0.2, 0.25) is 0 Å². The smallest absolute Gasteiger partial charge is 0.00258 e. The van der Waals surface area contributed by atoms with E-state index in [1.807, 2.05) is 0 Å². The molecule has 3 aliphatic rings. The molecule has 0 unspecified atom stereocenters. The van der Waals surface area contributed by atoms with E-state index in [1.54, 1.807) is 0 Å². The number of hydrogen-bond acceptors (Lipinski definition) is 0. The van der Waals surface area contributed by atoms with Crippen molar-refractivity contribution in [3.05, 3.63) is 95.2 Å². The van der Waals surface area contributed by atoms with E-state index in [9.17, 15) is 0 Å². The second-order valence-electron chi connectivity index (χ2n) is 4.76. The highest BCUT2D eigenvalue weighted by Crippen LogP contribution is 2.24. The Morgan fingerprint density at radius 2 is 0.722 bits per heavy atom. The third-order valence-corrected chi connectivity index (χ3v) is 3.30. The standard InChI is InChI=1S/C18H16/c1-2-6-16-11-12-18-8-4-3-7-17(14-18)10-9-15(5-1)13-16/h1-12H,13-14H2/b10-9-,12-11-,15-9?,16-11?,17-10?,18-12?. The number of rotatable bonds is 0. The van der Waals surface area contributed by atoms with E-state index < -0.39 is 0 Å². The topological polar surface area (TPSA) is 0 Å². The lowest BCUT2D eigenvalue weighted by Gasteiger charge is -2.07. The van der Waals surface area contributed by atoms with Gasteiger partial charge in [0.2, 0.25) is 0 Å². The Hall–Kier alpha value is -2.08. The molecule has 0 radical (unpaired) electrons. The molecule has 0 aromatic carbocycles. The minimum atomic E-state index is 1.01. The fourth-order valence-electron chi connectivity index (χ4n) is 2.31. The van der Waals surface area contributed by atoms with Crippen LogP contribution in [0.3, 0.4) is 0 Å². The molecule has 0 fully saturated rings. The molecule has 4 bridgehead atoms. The molecule has 88 valence electrons. The van der Waals surface area contributed by atoms with E-state index in [0.717, 1.165) is 12.8 Å². The van der Waals surface area contributed by atoms with Crippen LogP contribution < -0.4 is 0 Å². The molecular weight excluding hydrogens is 216 g/mol. The van der Waals surface area contributed by atoms with Gasteiger partial charge in [0.15, 0.2) is 0 Å². The molecule has 0 amide bonds. The average Bonchev–Trinajstić information content (AvgIpc) is 2.73. The predicted octanol–water partition coefficient (Wildman–Crippen LogP) is 4.74. The summed E-state index contributed by atoms with van der Waals surface area (Å²) in [6, 6.07) is 0. The van der Waals surface area contributed by atoms with Gasteiger partial charge < -0.3 is 0 Å². The molecule has 0 aromatic rings. The van der Waals surface area contributed by atoms with Gasteiger partial charge in [-0.1, -0.05) is 72.9 Å². The summed E-state index contributed by atoms with van der Waals surface area (Å²) in [6.07, 6.45) is 28.2. The predicted molar refractivity (Wildman–Crippen MR) is 78.1 cm³/mol. The zero-order chi connectivity index (χ0) is 12.2. The van der Waals surface area contributed by atoms with E-state index >= 15 is 0 Å². The quantitative estimate of drug-likeness (QED) is 0.566. The van der Waals surface area contributed by atoms with Crippen LogP contribution in [-0.2, 0) is 0 Å². The van der Waals surface area contributed by atoms with Crippen molar-refractivity contribution in [2.24, 2.45) is 0 Å². The molecule has 0 aliphatic heterocycles. The Morgan fingerprint density at radius 3 is 1.00 bits per heavy atom. The van der Waals surface area contributed by atoms with E-state index in [4.69, 9.17) is 0 Å². The van der Waals surface area contributed by atoms with Crippen LogP contribution in [-0.4, -0.2) is 0 Å². The fourth-order valence-corrected chi connectivity index (χ4v) is 2.31. The molecule has 0 spiro atoms. The van der Waals surface area contributed by atoms with Gasteiger partial charge in [-0.2, -0.15) is 0 Å². The molecule has 0 heterocycles. The van der Waals surface area contributed by atoms with Crippen LogP contribution >= 0.6 is 0 Å². The summed E-state index contributed by atoms with van der Waals surface area (Å²) in [5, 5.41) is 0. The highest BCUT2D eigenvalue weighted by molar-refractivity contribution is 5.46. The molecule has 0 nitrogen and oxygen atoms in total. The maximum atomic E-state index is 2.24. The molecule has 0 saturated heterocycles. The molecule has 0 N–H and O–H groups in total. The first-order chi connectivity index (χ1) is 8.90. The first-order valence-corrected chi connectivity index (χ1v) is 6.39. The summed E-state index contributed by atoms with van der Waals surface area (Å²) < 4.78 is 0. The summed E-state index contributed by atoms with van der Waals surface area (Å²) in [4.78, 5) is 0. The van der Waals surface area contributed by atoms with E-state index in [-0.39, 0.29) is 0 Å². The van der Waals surface area contributed by atoms with Crippen molar-refractivity contribution >= 4 is 0 Å². The van der Waals surface area contributed by atoms with Crippen molar-refractivity contribution < 1.29 is 0 Å². The van der Waals surface area contributed by atoms with Gasteiger partial charge in [-0.15, -0.1) is 0 Å². The van der Waals surface area contributed by atoms with Crippen LogP contribution in [0.25, 0.3) is 0 Å². The third kappa shape index (κ3) is 2.60. The van der Waals surface area contributed by atoms with Gasteiger partial charge in [-0.05, 0) is 35.1 Å². The summed E-state index contributed by atoms with van der Waals surface area (Å²) in [5.74, 6) is 0. The van der Waals surface area contributed by atoms with Gasteiger partial charge in [0.05, 0.1) is 0 Å². The Kier molecular flexibility index (Phi) is 3.10. The van der Waals surface area contributed by atoms with Gasteiger partial charge in [-0.3, -0.25) is 0 Å². The van der Waals surface area contributed by atoms with Crippen molar-refractivity contribution in [1.82, 2.24) is 0 Å². The highest BCUT2D eigenvalue weighted by Gasteiger charge is 2.04. The van der Waals surface area contributed by atoms with Crippen molar-refractivity contribution in [2.75, 3.05) is 0 Å². The van der Waals surface area contributed by atoms with Gasteiger partial charge in [-0.25, -0.2) is 0 Å². The van der Waals surface area contributed by atoms with E-state index in [0.29, 0.717) is 0 Å². The maximum absolute atomic E-state index is 2.24. The van der Waals surface area contributed by atoms with Crippen LogP contribution in [0, 0.1) is 0 Å². The first-order valence-electron chi connectivity index (χ1n) is 6.39. The summed E-state index contributed by atoms with van der Waals surface area (Å²) in [6.45, 7) is 0. The SMILES string of the molecule is C1=CC=C2/C=C\C3=CC=CC=C(/C=C\C(=C1)C2)C3. The second-order valence-corrected chi connectivity index (χ2v) is 4.76. The number of allylic oxidation sites excluding steroid dienone is 16. The molecule has 3 aliphatic carbocycles. The molecular formula is C18H16. The number of hydrogen-bond donors (Lipinski definition) is 0. The maximum Gasteiger partial charge on any atom is -0.00258 e. The first kappa shape index (κ1) is 11.0.